The quantitative estimate of drug-likeness (QED) is 0.799. The monoisotopic (exact) mass is 250 g/mol. The maximum Gasteiger partial charge on any atom is 0.122 e. The van der Waals surface area contributed by atoms with Crippen LogP contribution >= 0.6 is 0 Å². The molecule has 0 bridgehead atoms. The van der Waals surface area contributed by atoms with Gasteiger partial charge in [-0.25, -0.2) is 0 Å². The SMILES string of the molecule is CCCCC(C)C(O)Cc1cc(C)ccc1OC. The Kier molecular flexibility index (Phi) is 6.20. The smallest absolute Gasteiger partial charge is 0.122 e. The number of rotatable bonds is 7. The Morgan fingerprint density at radius 2 is 2.06 bits per heavy atom. The van der Waals surface area contributed by atoms with Crippen molar-refractivity contribution in [2.75, 3.05) is 7.11 Å². The lowest BCUT2D eigenvalue weighted by molar-refractivity contribution is 0.110. The van der Waals surface area contributed by atoms with Gasteiger partial charge in [0.15, 0.2) is 0 Å². The van der Waals surface area contributed by atoms with Crippen molar-refractivity contribution < 1.29 is 9.84 Å². The highest BCUT2D eigenvalue weighted by Gasteiger charge is 2.16. The van der Waals surface area contributed by atoms with Crippen molar-refractivity contribution in [3.8, 4) is 5.75 Å². The average molecular weight is 250 g/mol. The van der Waals surface area contributed by atoms with Crippen LogP contribution < -0.4 is 4.74 Å². The van der Waals surface area contributed by atoms with Crippen LogP contribution in [0.4, 0.5) is 0 Å². The second-order valence-electron chi connectivity index (χ2n) is 5.21. The minimum absolute atomic E-state index is 0.285. The molecular formula is C16H26O2. The van der Waals surface area contributed by atoms with Gasteiger partial charge in [0.25, 0.3) is 0 Å². The first-order chi connectivity index (χ1) is 8.58. The fraction of sp³-hybridized carbons (Fsp3) is 0.625. The minimum Gasteiger partial charge on any atom is -0.496 e. The molecule has 1 N–H and O–H groups in total. The van der Waals surface area contributed by atoms with E-state index in [-0.39, 0.29) is 6.10 Å². The number of hydrogen-bond acceptors (Lipinski definition) is 2. The van der Waals surface area contributed by atoms with Gasteiger partial charge in [-0.05, 0) is 30.9 Å². The largest absolute Gasteiger partial charge is 0.496 e. The number of benzene rings is 1. The van der Waals surface area contributed by atoms with E-state index < -0.39 is 0 Å². The normalized spacial score (nSPS) is 14.3. The summed E-state index contributed by atoms with van der Waals surface area (Å²) in [5.74, 6) is 1.22. The summed E-state index contributed by atoms with van der Waals surface area (Å²) in [4.78, 5) is 0. The molecule has 1 aromatic rings. The molecule has 2 unspecified atom stereocenters. The molecule has 102 valence electrons. The summed E-state index contributed by atoms with van der Waals surface area (Å²) in [5.41, 5.74) is 2.31. The second-order valence-corrected chi connectivity index (χ2v) is 5.21. The van der Waals surface area contributed by atoms with Crippen molar-refractivity contribution in [3.05, 3.63) is 29.3 Å². The number of aliphatic hydroxyl groups is 1. The molecule has 2 nitrogen and oxygen atoms in total. The van der Waals surface area contributed by atoms with Gasteiger partial charge >= 0.3 is 0 Å². The molecule has 2 atom stereocenters. The fourth-order valence-corrected chi connectivity index (χ4v) is 2.21. The van der Waals surface area contributed by atoms with Gasteiger partial charge in [-0.15, -0.1) is 0 Å². The average Bonchev–Trinajstić information content (AvgIpc) is 2.36. The number of hydrogen-bond donors (Lipinski definition) is 1. The Labute approximate surface area is 111 Å². The molecule has 0 aliphatic rings. The molecule has 0 saturated carbocycles. The molecule has 1 rings (SSSR count). The fourth-order valence-electron chi connectivity index (χ4n) is 2.21. The van der Waals surface area contributed by atoms with E-state index in [0.29, 0.717) is 12.3 Å². The molecule has 0 heterocycles. The Hall–Kier alpha value is -1.02. The summed E-state index contributed by atoms with van der Waals surface area (Å²) >= 11 is 0. The number of methoxy groups -OCH3 is 1. The molecule has 2 heteroatoms. The van der Waals surface area contributed by atoms with Crippen LogP contribution in [0.3, 0.4) is 0 Å². The van der Waals surface area contributed by atoms with Crippen LogP contribution in [0.5, 0.6) is 5.75 Å². The van der Waals surface area contributed by atoms with Gasteiger partial charge in [-0.1, -0.05) is 44.4 Å². The van der Waals surface area contributed by atoms with Crippen LogP contribution in [0.25, 0.3) is 0 Å². The molecule has 0 spiro atoms. The number of unbranched alkanes of at least 4 members (excludes halogenated alkanes) is 1. The van der Waals surface area contributed by atoms with E-state index in [1.54, 1.807) is 7.11 Å². The van der Waals surface area contributed by atoms with Gasteiger partial charge in [0.2, 0.25) is 0 Å². The maximum atomic E-state index is 10.3. The Morgan fingerprint density at radius 1 is 1.33 bits per heavy atom. The third kappa shape index (κ3) is 4.34. The second kappa shape index (κ2) is 7.42. The lowest BCUT2D eigenvalue weighted by Crippen LogP contribution is -2.20. The van der Waals surface area contributed by atoms with Crippen molar-refractivity contribution in [2.45, 2.75) is 52.6 Å². The Balaban J connectivity index is 2.68. The van der Waals surface area contributed by atoms with Gasteiger partial charge < -0.3 is 9.84 Å². The van der Waals surface area contributed by atoms with Gasteiger partial charge in [0.05, 0.1) is 13.2 Å². The predicted molar refractivity (Wildman–Crippen MR) is 76.1 cm³/mol. The van der Waals surface area contributed by atoms with Crippen LogP contribution in [0, 0.1) is 12.8 Å². The maximum absolute atomic E-state index is 10.3. The van der Waals surface area contributed by atoms with Crippen LogP contribution in [-0.2, 0) is 6.42 Å². The molecule has 0 aliphatic carbocycles. The Bertz CT molecular complexity index is 360. The zero-order chi connectivity index (χ0) is 13.5. The van der Waals surface area contributed by atoms with Gasteiger partial charge in [-0.2, -0.15) is 0 Å². The van der Waals surface area contributed by atoms with E-state index in [1.165, 1.54) is 18.4 Å². The summed E-state index contributed by atoms with van der Waals surface area (Å²) in [6.07, 6.45) is 3.85. The highest BCUT2D eigenvalue weighted by molar-refractivity contribution is 5.37. The van der Waals surface area contributed by atoms with Crippen molar-refractivity contribution in [1.29, 1.82) is 0 Å². The molecule has 0 aliphatic heterocycles. The molecule has 0 radical (unpaired) electrons. The predicted octanol–water partition coefficient (Wildman–Crippen LogP) is 3.73. The third-order valence-corrected chi connectivity index (χ3v) is 3.53. The van der Waals surface area contributed by atoms with E-state index in [4.69, 9.17) is 4.74 Å². The van der Waals surface area contributed by atoms with Gasteiger partial charge in [-0.3, -0.25) is 0 Å². The highest BCUT2D eigenvalue weighted by atomic mass is 16.5. The topological polar surface area (TPSA) is 29.5 Å². The molecule has 0 saturated heterocycles. The van der Waals surface area contributed by atoms with Crippen molar-refractivity contribution in [2.24, 2.45) is 5.92 Å². The van der Waals surface area contributed by atoms with Crippen LogP contribution in [-0.4, -0.2) is 18.3 Å². The van der Waals surface area contributed by atoms with Crippen molar-refractivity contribution in [1.82, 2.24) is 0 Å². The minimum atomic E-state index is -0.285. The lowest BCUT2D eigenvalue weighted by atomic mass is 9.92. The van der Waals surface area contributed by atoms with E-state index in [9.17, 15) is 5.11 Å². The molecule has 1 aromatic carbocycles. The Morgan fingerprint density at radius 3 is 2.67 bits per heavy atom. The van der Waals surface area contributed by atoms with Gasteiger partial charge in [0, 0.05) is 6.42 Å². The molecule has 0 aromatic heterocycles. The van der Waals surface area contributed by atoms with Crippen molar-refractivity contribution >= 4 is 0 Å². The number of aryl methyl sites for hydroxylation is 1. The molecular weight excluding hydrogens is 224 g/mol. The zero-order valence-electron chi connectivity index (χ0n) is 12.1. The first-order valence-corrected chi connectivity index (χ1v) is 6.90. The summed E-state index contributed by atoms with van der Waals surface area (Å²) in [5, 5.41) is 10.3. The van der Waals surface area contributed by atoms with E-state index in [1.807, 2.05) is 12.1 Å². The van der Waals surface area contributed by atoms with Crippen LogP contribution in [0.15, 0.2) is 18.2 Å². The lowest BCUT2D eigenvalue weighted by Gasteiger charge is -2.20. The highest BCUT2D eigenvalue weighted by Crippen LogP contribution is 2.24. The van der Waals surface area contributed by atoms with Crippen molar-refractivity contribution in [3.63, 3.8) is 0 Å². The first-order valence-electron chi connectivity index (χ1n) is 6.90. The number of ether oxygens (including phenoxy) is 1. The summed E-state index contributed by atoms with van der Waals surface area (Å²) < 4.78 is 5.35. The summed E-state index contributed by atoms with van der Waals surface area (Å²) in [7, 11) is 1.68. The molecule has 0 amide bonds. The van der Waals surface area contributed by atoms with E-state index in [0.717, 1.165) is 17.7 Å². The van der Waals surface area contributed by atoms with Crippen LogP contribution in [0.1, 0.15) is 44.2 Å². The zero-order valence-corrected chi connectivity index (χ0v) is 12.1. The van der Waals surface area contributed by atoms with E-state index in [2.05, 4.69) is 26.8 Å². The first kappa shape index (κ1) is 15.0. The van der Waals surface area contributed by atoms with Crippen LogP contribution in [0.2, 0.25) is 0 Å². The third-order valence-electron chi connectivity index (χ3n) is 3.53. The summed E-state index contributed by atoms with van der Waals surface area (Å²) in [6.45, 7) is 6.38. The standard InChI is InChI=1S/C16H26O2/c1-5-6-7-13(3)15(17)11-14-10-12(2)8-9-16(14)18-4/h8-10,13,15,17H,5-7,11H2,1-4H3. The van der Waals surface area contributed by atoms with E-state index >= 15 is 0 Å². The van der Waals surface area contributed by atoms with Gasteiger partial charge in [0.1, 0.15) is 5.75 Å². The molecule has 0 fully saturated rings. The number of aliphatic hydroxyl groups excluding tert-OH is 1. The summed E-state index contributed by atoms with van der Waals surface area (Å²) in [6, 6.07) is 6.12. The molecule has 18 heavy (non-hydrogen) atoms.